The second-order valence-corrected chi connectivity index (χ2v) is 6.56. The van der Waals surface area contributed by atoms with Gasteiger partial charge >= 0.3 is 0 Å². The lowest BCUT2D eigenvalue weighted by atomic mass is 10.1. The van der Waals surface area contributed by atoms with E-state index in [-0.39, 0.29) is 5.91 Å². The number of aliphatic hydroxyl groups is 1. The highest BCUT2D eigenvalue weighted by Gasteiger charge is 2.23. The second-order valence-electron chi connectivity index (χ2n) is 5.53. The van der Waals surface area contributed by atoms with Crippen molar-refractivity contribution in [2.45, 2.75) is 26.4 Å². The summed E-state index contributed by atoms with van der Waals surface area (Å²) in [5.74, 6) is -0.0840. The van der Waals surface area contributed by atoms with Crippen LogP contribution in [0.15, 0.2) is 36.5 Å². The van der Waals surface area contributed by atoms with E-state index in [4.69, 9.17) is 0 Å². The minimum Gasteiger partial charge on any atom is -0.389 e. The maximum absolute atomic E-state index is 12.5. The van der Waals surface area contributed by atoms with E-state index >= 15 is 0 Å². The lowest BCUT2D eigenvalue weighted by molar-refractivity contribution is 0.0317. The minimum atomic E-state index is -0.904. The number of amides is 1. The third-order valence-corrected chi connectivity index (χ3v) is 4.02. The van der Waals surface area contributed by atoms with E-state index in [9.17, 15) is 9.90 Å². The largest absolute Gasteiger partial charge is 0.389 e. The quantitative estimate of drug-likeness (QED) is 0.923. The van der Waals surface area contributed by atoms with Crippen LogP contribution in [-0.2, 0) is 0 Å². The fourth-order valence-electron chi connectivity index (χ4n) is 2.04. The molecule has 21 heavy (non-hydrogen) atoms. The van der Waals surface area contributed by atoms with Gasteiger partial charge in [-0.3, -0.25) is 4.79 Å². The van der Waals surface area contributed by atoms with Crippen LogP contribution >= 0.6 is 11.3 Å². The number of hydrogen-bond donors (Lipinski definition) is 1. The van der Waals surface area contributed by atoms with Gasteiger partial charge in [-0.1, -0.05) is 30.3 Å². The van der Waals surface area contributed by atoms with E-state index < -0.39 is 5.60 Å². The summed E-state index contributed by atoms with van der Waals surface area (Å²) < 4.78 is 0. The van der Waals surface area contributed by atoms with Gasteiger partial charge in [-0.2, -0.15) is 0 Å². The van der Waals surface area contributed by atoms with Gasteiger partial charge < -0.3 is 10.0 Å². The fraction of sp³-hybridized carbons (Fsp3) is 0.375. The zero-order chi connectivity index (χ0) is 15.5. The molecule has 0 atom stereocenters. The molecule has 1 aromatic carbocycles. The monoisotopic (exact) mass is 304 g/mol. The first-order valence-corrected chi connectivity index (χ1v) is 7.75. The fourth-order valence-corrected chi connectivity index (χ4v) is 2.93. The van der Waals surface area contributed by atoms with E-state index in [1.807, 2.05) is 37.3 Å². The van der Waals surface area contributed by atoms with E-state index in [2.05, 4.69) is 4.98 Å². The molecule has 0 radical (unpaired) electrons. The molecule has 1 N–H and O–H groups in total. The van der Waals surface area contributed by atoms with Gasteiger partial charge in [-0.15, -0.1) is 11.3 Å². The smallest absolute Gasteiger partial charge is 0.265 e. The average Bonchev–Trinajstić information content (AvgIpc) is 2.94. The Kier molecular flexibility index (Phi) is 4.75. The number of carbonyl (C=O) groups excluding carboxylic acids is 1. The molecule has 1 amide bonds. The van der Waals surface area contributed by atoms with Gasteiger partial charge in [0.15, 0.2) is 0 Å². The van der Waals surface area contributed by atoms with E-state index in [1.54, 1.807) is 24.9 Å². The summed E-state index contributed by atoms with van der Waals surface area (Å²) in [6.07, 6.45) is 1.61. The molecule has 0 fully saturated rings. The van der Waals surface area contributed by atoms with Crippen molar-refractivity contribution in [1.29, 1.82) is 0 Å². The molecule has 2 aromatic rings. The number of rotatable bonds is 5. The van der Waals surface area contributed by atoms with Crippen LogP contribution in [0.25, 0.3) is 10.6 Å². The Labute approximate surface area is 129 Å². The van der Waals surface area contributed by atoms with Crippen LogP contribution in [0, 0.1) is 0 Å². The van der Waals surface area contributed by atoms with Crippen LogP contribution in [0.4, 0.5) is 0 Å². The molecule has 1 aromatic heterocycles. The second kappa shape index (κ2) is 6.37. The molecule has 4 nitrogen and oxygen atoms in total. The van der Waals surface area contributed by atoms with Crippen LogP contribution in [0.3, 0.4) is 0 Å². The van der Waals surface area contributed by atoms with E-state index in [0.717, 1.165) is 10.6 Å². The summed E-state index contributed by atoms with van der Waals surface area (Å²) in [5, 5.41) is 10.7. The maximum atomic E-state index is 12.5. The number of carbonyl (C=O) groups is 1. The zero-order valence-electron chi connectivity index (χ0n) is 12.5. The molecule has 112 valence electrons. The average molecular weight is 304 g/mol. The highest BCUT2D eigenvalue weighted by atomic mass is 32.1. The van der Waals surface area contributed by atoms with Gasteiger partial charge in [0.05, 0.1) is 11.8 Å². The van der Waals surface area contributed by atoms with E-state index in [1.165, 1.54) is 11.3 Å². The summed E-state index contributed by atoms with van der Waals surface area (Å²) in [7, 11) is 0. The van der Waals surface area contributed by atoms with Crippen molar-refractivity contribution >= 4 is 17.2 Å². The number of thiazole rings is 1. The SMILES string of the molecule is CCN(CC(C)(C)O)C(=O)c1cnc(-c2ccccc2)s1. The molecule has 0 aliphatic heterocycles. The Bertz CT molecular complexity index is 602. The lowest BCUT2D eigenvalue weighted by Crippen LogP contribution is -2.41. The molecule has 2 rings (SSSR count). The summed E-state index contributed by atoms with van der Waals surface area (Å²) >= 11 is 1.38. The lowest BCUT2D eigenvalue weighted by Gasteiger charge is -2.27. The third kappa shape index (κ3) is 4.12. The van der Waals surface area contributed by atoms with Crippen LogP contribution in [0.5, 0.6) is 0 Å². The summed E-state index contributed by atoms with van der Waals surface area (Å²) in [6.45, 7) is 6.17. The van der Waals surface area contributed by atoms with Crippen molar-refractivity contribution in [1.82, 2.24) is 9.88 Å². The van der Waals surface area contributed by atoms with Crippen LogP contribution < -0.4 is 0 Å². The topological polar surface area (TPSA) is 53.4 Å². The van der Waals surface area contributed by atoms with Crippen LogP contribution in [0.1, 0.15) is 30.4 Å². The molecule has 0 saturated carbocycles. The predicted molar refractivity (Wildman–Crippen MR) is 85.4 cm³/mol. The van der Waals surface area contributed by atoms with Gasteiger partial charge in [-0.05, 0) is 20.8 Å². The Hall–Kier alpha value is -1.72. The summed E-state index contributed by atoms with van der Waals surface area (Å²) in [6, 6.07) is 9.80. The Balaban J connectivity index is 2.18. The molecule has 0 aliphatic rings. The highest BCUT2D eigenvalue weighted by molar-refractivity contribution is 7.16. The van der Waals surface area contributed by atoms with Crippen LogP contribution in [-0.4, -0.2) is 39.6 Å². The maximum Gasteiger partial charge on any atom is 0.265 e. The number of benzene rings is 1. The number of nitrogens with zero attached hydrogens (tertiary/aromatic N) is 2. The van der Waals surface area contributed by atoms with Crippen molar-refractivity contribution in [2.75, 3.05) is 13.1 Å². The normalized spacial score (nSPS) is 11.4. The molecule has 0 bridgehead atoms. The molecule has 1 heterocycles. The zero-order valence-corrected chi connectivity index (χ0v) is 13.4. The molecular formula is C16H20N2O2S. The van der Waals surface area contributed by atoms with Gasteiger partial charge in [0.1, 0.15) is 9.88 Å². The Morgan fingerprint density at radius 2 is 2.00 bits per heavy atom. The molecule has 0 spiro atoms. The number of hydrogen-bond acceptors (Lipinski definition) is 4. The summed E-state index contributed by atoms with van der Waals surface area (Å²) in [5.41, 5.74) is 0.102. The molecule has 0 unspecified atom stereocenters. The first-order valence-electron chi connectivity index (χ1n) is 6.93. The molecule has 0 saturated heterocycles. The standard InChI is InChI=1S/C16H20N2O2S/c1-4-18(11-16(2,3)20)15(19)13-10-17-14(21-13)12-8-6-5-7-9-12/h5-10,20H,4,11H2,1-3H3. The highest BCUT2D eigenvalue weighted by Crippen LogP contribution is 2.26. The van der Waals surface area contributed by atoms with Crippen molar-refractivity contribution in [3.05, 3.63) is 41.4 Å². The Morgan fingerprint density at radius 3 is 2.57 bits per heavy atom. The third-order valence-electron chi connectivity index (χ3n) is 2.98. The van der Waals surface area contributed by atoms with Gasteiger partial charge in [0.2, 0.25) is 0 Å². The first kappa shape index (κ1) is 15.7. The van der Waals surface area contributed by atoms with Crippen molar-refractivity contribution in [3.63, 3.8) is 0 Å². The van der Waals surface area contributed by atoms with E-state index in [0.29, 0.717) is 18.0 Å². The number of aromatic nitrogens is 1. The van der Waals surface area contributed by atoms with Crippen molar-refractivity contribution < 1.29 is 9.90 Å². The molecule has 0 aliphatic carbocycles. The van der Waals surface area contributed by atoms with Gasteiger partial charge in [-0.25, -0.2) is 4.98 Å². The minimum absolute atomic E-state index is 0.0840. The first-order chi connectivity index (χ1) is 9.90. The molecular weight excluding hydrogens is 284 g/mol. The molecule has 5 heteroatoms. The van der Waals surface area contributed by atoms with Gasteiger partial charge in [0.25, 0.3) is 5.91 Å². The summed E-state index contributed by atoms with van der Waals surface area (Å²) in [4.78, 5) is 19.1. The van der Waals surface area contributed by atoms with Crippen molar-refractivity contribution in [3.8, 4) is 10.6 Å². The van der Waals surface area contributed by atoms with Crippen molar-refractivity contribution in [2.24, 2.45) is 0 Å². The Morgan fingerprint density at radius 1 is 1.33 bits per heavy atom. The predicted octanol–water partition coefficient (Wildman–Crippen LogP) is 3.04. The van der Waals surface area contributed by atoms with Gasteiger partial charge in [0, 0.05) is 18.7 Å². The van der Waals surface area contributed by atoms with Crippen LogP contribution in [0.2, 0.25) is 0 Å². The number of likely N-dealkylation sites (N-methyl/N-ethyl adjacent to an activating group) is 1.